The first-order valence-electron chi connectivity index (χ1n) is 8.84. The number of hydrogen-bond acceptors (Lipinski definition) is 3. The van der Waals surface area contributed by atoms with Crippen molar-refractivity contribution in [3.8, 4) is 5.75 Å². The van der Waals surface area contributed by atoms with E-state index in [1.807, 2.05) is 18.2 Å². The van der Waals surface area contributed by atoms with Gasteiger partial charge in [-0.15, -0.1) is 0 Å². The van der Waals surface area contributed by atoms with E-state index in [2.05, 4.69) is 10.6 Å². The molecule has 2 amide bonds. The maximum absolute atomic E-state index is 12.3. The zero-order valence-electron chi connectivity index (χ0n) is 14.3. The van der Waals surface area contributed by atoms with Crippen LogP contribution in [-0.2, 0) is 11.2 Å². The number of para-hydroxylation sites is 1. The monoisotopic (exact) mass is 348 g/mol. The number of anilines is 1. The summed E-state index contributed by atoms with van der Waals surface area (Å²) in [5.74, 6) is 0.502. The van der Waals surface area contributed by atoms with Crippen LogP contribution in [0.15, 0.2) is 48.5 Å². The Hall–Kier alpha value is -3.08. The molecule has 0 radical (unpaired) electrons. The van der Waals surface area contributed by atoms with E-state index in [4.69, 9.17) is 4.74 Å². The number of nitrogens with one attached hydrogen (secondary N) is 2. The van der Waals surface area contributed by atoms with Crippen LogP contribution in [0.3, 0.4) is 0 Å². The molecule has 2 N–H and O–H groups in total. The van der Waals surface area contributed by atoms with Crippen molar-refractivity contribution in [3.05, 3.63) is 65.2 Å². The Morgan fingerprint density at radius 3 is 2.81 bits per heavy atom. The number of ether oxygens (including phenoxy) is 1. The summed E-state index contributed by atoms with van der Waals surface area (Å²) in [7, 11) is 0. The molecule has 0 atom stereocenters. The van der Waals surface area contributed by atoms with Crippen LogP contribution < -0.4 is 15.4 Å². The van der Waals surface area contributed by atoms with Gasteiger partial charge in [-0.05, 0) is 54.3 Å². The Bertz CT molecular complexity index is 885. The van der Waals surface area contributed by atoms with Gasteiger partial charge < -0.3 is 15.4 Å². The van der Waals surface area contributed by atoms with E-state index in [0.717, 1.165) is 36.1 Å². The number of carbonyl (C=O) groups excluding carboxylic acids is 2. The highest BCUT2D eigenvalue weighted by atomic mass is 16.5. The third-order valence-electron chi connectivity index (χ3n) is 4.48. The summed E-state index contributed by atoms with van der Waals surface area (Å²) in [6.45, 7) is 0.711. The SMILES string of the molecule is O=C(/C=C/c1ccc2c(c1)CCO2)Nc1ccccc1C(=O)NC1CC1. The van der Waals surface area contributed by atoms with E-state index in [0.29, 0.717) is 17.9 Å². The van der Waals surface area contributed by atoms with Crippen LogP contribution in [0.1, 0.15) is 34.3 Å². The second kappa shape index (κ2) is 7.04. The van der Waals surface area contributed by atoms with Crippen LogP contribution in [0.25, 0.3) is 6.08 Å². The summed E-state index contributed by atoms with van der Waals surface area (Å²) < 4.78 is 5.48. The van der Waals surface area contributed by atoms with Gasteiger partial charge in [0.1, 0.15) is 5.75 Å². The molecule has 2 aromatic carbocycles. The van der Waals surface area contributed by atoms with Gasteiger partial charge in [-0.25, -0.2) is 0 Å². The van der Waals surface area contributed by atoms with E-state index >= 15 is 0 Å². The second-order valence-electron chi connectivity index (χ2n) is 6.58. The first-order valence-corrected chi connectivity index (χ1v) is 8.84. The van der Waals surface area contributed by atoms with E-state index < -0.39 is 0 Å². The molecular formula is C21H20N2O3. The molecule has 0 spiro atoms. The molecule has 1 fully saturated rings. The van der Waals surface area contributed by atoms with Crippen LogP contribution in [0, 0.1) is 0 Å². The largest absolute Gasteiger partial charge is 0.493 e. The molecule has 0 unspecified atom stereocenters. The summed E-state index contributed by atoms with van der Waals surface area (Å²) in [5, 5.41) is 5.74. The van der Waals surface area contributed by atoms with Crippen molar-refractivity contribution in [2.75, 3.05) is 11.9 Å². The maximum Gasteiger partial charge on any atom is 0.253 e. The fourth-order valence-corrected chi connectivity index (χ4v) is 2.94. The van der Waals surface area contributed by atoms with Gasteiger partial charge in [-0.2, -0.15) is 0 Å². The third-order valence-corrected chi connectivity index (χ3v) is 4.48. The van der Waals surface area contributed by atoms with Crippen molar-refractivity contribution < 1.29 is 14.3 Å². The van der Waals surface area contributed by atoms with Gasteiger partial charge in [-0.1, -0.05) is 18.2 Å². The fraction of sp³-hybridized carbons (Fsp3) is 0.238. The van der Waals surface area contributed by atoms with Crippen LogP contribution in [-0.4, -0.2) is 24.5 Å². The normalized spacial score (nSPS) is 15.4. The number of hydrogen-bond donors (Lipinski definition) is 2. The molecule has 26 heavy (non-hydrogen) atoms. The highest BCUT2D eigenvalue weighted by molar-refractivity contribution is 6.07. The molecule has 5 nitrogen and oxygen atoms in total. The van der Waals surface area contributed by atoms with Gasteiger partial charge in [0.15, 0.2) is 0 Å². The number of fused-ring (bicyclic) bond motifs is 1. The lowest BCUT2D eigenvalue weighted by Crippen LogP contribution is -2.26. The molecule has 1 aliphatic heterocycles. The molecule has 2 aliphatic rings. The molecule has 1 aliphatic carbocycles. The third kappa shape index (κ3) is 3.77. The fourth-order valence-electron chi connectivity index (χ4n) is 2.94. The number of rotatable bonds is 5. The minimum absolute atomic E-state index is 0.147. The van der Waals surface area contributed by atoms with Crippen molar-refractivity contribution in [2.24, 2.45) is 0 Å². The number of amides is 2. The first-order chi connectivity index (χ1) is 12.7. The highest BCUT2D eigenvalue weighted by Gasteiger charge is 2.24. The Morgan fingerprint density at radius 2 is 1.96 bits per heavy atom. The van der Waals surface area contributed by atoms with Crippen molar-refractivity contribution >= 4 is 23.6 Å². The van der Waals surface area contributed by atoms with Gasteiger partial charge >= 0.3 is 0 Å². The lowest BCUT2D eigenvalue weighted by Gasteiger charge is -2.10. The van der Waals surface area contributed by atoms with Crippen molar-refractivity contribution in [3.63, 3.8) is 0 Å². The van der Waals surface area contributed by atoms with Crippen LogP contribution in [0.4, 0.5) is 5.69 Å². The zero-order chi connectivity index (χ0) is 17.9. The molecule has 5 heteroatoms. The molecule has 0 aromatic heterocycles. The molecule has 132 valence electrons. The summed E-state index contributed by atoms with van der Waals surface area (Å²) in [4.78, 5) is 24.6. The van der Waals surface area contributed by atoms with Gasteiger partial charge in [0.2, 0.25) is 5.91 Å². The van der Waals surface area contributed by atoms with E-state index in [-0.39, 0.29) is 17.9 Å². The topological polar surface area (TPSA) is 67.4 Å². The van der Waals surface area contributed by atoms with Gasteiger partial charge in [0.25, 0.3) is 5.91 Å². The van der Waals surface area contributed by atoms with Gasteiger partial charge in [0, 0.05) is 18.5 Å². The van der Waals surface area contributed by atoms with Crippen molar-refractivity contribution in [1.29, 1.82) is 0 Å². The Morgan fingerprint density at radius 1 is 1.12 bits per heavy atom. The standard InChI is InChI=1S/C21H20N2O3/c24-20(10-6-14-5-9-19-15(13-14)11-12-26-19)23-18-4-2-1-3-17(18)21(25)22-16-7-8-16/h1-6,9-10,13,16H,7-8,11-12H2,(H,22,25)(H,23,24)/b10-6+. The Labute approximate surface area is 152 Å². The van der Waals surface area contributed by atoms with Crippen LogP contribution in [0.2, 0.25) is 0 Å². The van der Waals surface area contributed by atoms with E-state index in [1.165, 1.54) is 6.08 Å². The average Bonchev–Trinajstić information content (AvgIpc) is 3.33. The summed E-state index contributed by atoms with van der Waals surface area (Å²) in [5.41, 5.74) is 3.11. The number of benzene rings is 2. The minimum Gasteiger partial charge on any atom is -0.493 e. The molecule has 1 heterocycles. The van der Waals surface area contributed by atoms with E-state index in [1.54, 1.807) is 30.3 Å². The lowest BCUT2D eigenvalue weighted by molar-refractivity contribution is -0.111. The predicted octanol–water partition coefficient (Wildman–Crippen LogP) is 3.17. The lowest BCUT2D eigenvalue weighted by atomic mass is 10.1. The first kappa shape index (κ1) is 16.4. The molecule has 0 saturated heterocycles. The van der Waals surface area contributed by atoms with Gasteiger partial charge in [0.05, 0.1) is 17.9 Å². The highest BCUT2D eigenvalue weighted by Crippen LogP contribution is 2.26. The quantitative estimate of drug-likeness (QED) is 0.816. The minimum atomic E-state index is -0.270. The number of carbonyl (C=O) groups is 2. The van der Waals surface area contributed by atoms with Crippen molar-refractivity contribution in [1.82, 2.24) is 5.32 Å². The summed E-state index contributed by atoms with van der Waals surface area (Å²) >= 11 is 0. The molecular weight excluding hydrogens is 328 g/mol. The molecule has 0 bridgehead atoms. The van der Waals surface area contributed by atoms with E-state index in [9.17, 15) is 9.59 Å². The average molecular weight is 348 g/mol. The maximum atomic E-state index is 12.3. The zero-order valence-corrected chi connectivity index (χ0v) is 14.3. The Kier molecular flexibility index (Phi) is 4.44. The second-order valence-corrected chi connectivity index (χ2v) is 6.58. The summed E-state index contributed by atoms with van der Waals surface area (Å²) in [6.07, 6.45) is 6.18. The smallest absolute Gasteiger partial charge is 0.253 e. The predicted molar refractivity (Wildman–Crippen MR) is 100 cm³/mol. The molecule has 2 aromatic rings. The van der Waals surface area contributed by atoms with Crippen molar-refractivity contribution in [2.45, 2.75) is 25.3 Å². The van der Waals surface area contributed by atoms with Crippen LogP contribution >= 0.6 is 0 Å². The molecule has 4 rings (SSSR count). The van der Waals surface area contributed by atoms with Crippen LogP contribution in [0.5, 0.6) is 5.75 Å². The van der Waals surface area contributed by atoms with Gasteiger partial charge in [-0.3, -0.25) is 9.59 Å². The Balaban J connectivity index is 1.44. The summed E-state index contributed by atoms with van der Waals surface area (Å²) in [6, 6.07) is 13.2. The molecule has 1 saturated carbocycles.